The number of rotatable bonds is 7. The zero-order chi connectivity index (χ0) is 22.4. The molecule has 0 bridgehead atoms. The van der Waals surface area contributed by atoms with Crippen molar-refractivity contribution in [1.29, 1.82) is 0 Å². The summed E-state index contributed by atoms with van der Waals surface area (Å²) in [7, 11) is 0. The van der Waals surface area contributed by atoms with Crippen LogP contribution >= 0.6 is 0 Å². The van der Waals surface area contributed by atoms with Gasteiger partial charge in [0.2, 0.25) is 0 Å². The summed E-state index contributed by atoms with van der Waals surface area (Å²) in [5.41, 5.74) is 3.47. The molecule has 6 heteroatoms. The molecule has 1 aliphatic heterocycles. The number of ether oxygens (including phenoxy) is 1. The lowest BCUT2D eigenvalue weighted by atomic mass is 10.1. The highest BCUT2D eigenvalue weighted by Gasteiger charge is 2.32. The lowest BCUT2D eigenvalue weighted by Gasteiger charge is -2.33. The lowest BCUT2D eigenvalue weighted by molar-refractivity contribution is -0.0580. The van der Waals surface area contributed by atoms with Gasteiger partial charge >= 0.3 is 0 Å². The molecular formula is C25H36N4O2. The minimum Gasteiger partial charge on any atom is -0.377 e. The molecule has 1 fully saturated rings. The van der Waals surface area contributed by atoms with E-state index in [0.717, 1.165) is 30.2 Å². The average Bonchev–Trinajstić information content (AvgIpc) is 3.09. The van der Waals surface area contributed by atoms with Crippen molar-refractivity contribution in [3.05, 3.63) is 59.5 Å². The normalized spacial score (nSPS) is 21.2. The van der Waals surface area contributed by atoms with Gasteiger partial charge < -0.3 is 9.84 Å². The maximum atomic E-state index is 10.8. The second kappa shape index (κ2) is 10.8. The van der Waals surface area contributed by atoms with Crippen LogP contribution < -0.4 is 0 Å². The summed E-state index contributed by atoms with van der Waals surface area (Å²) >= 11 is 0. The van der Waals surface area contributed by atoms with Crippen molar-refractivity contribution < 1.29 is 9.84 Å². The third-order valence-electron chi connectivity index (χ3n) is 5.72. The van der Waals surface area contributed by atoms with Crippen molar-refractivity contribution in [2.45, 2.75) is 59.9 Å². The zero-order valence-electron chi connectivity index (χ0n) is 19.5. The minimum atomic E-state index is -0.654. The molecule has 6 nitrogen and oxygen atoms in total. The van der Waals surface area contributed by atoms with Crippen molar-refractivity contribution in [2.24, 2.45) is 5.92 Å². The Balaban J connectivity index is 2.07. The van der Waals surface area contributed by atoms with Gasteiger partial charge in [-0.3, -0.25) is 4.90 Å². The Labute approximate surface area is 186 Å². The van der Waals surface area contributed by atoms with Gasteiger partial charge in [-0.2, -0.15) is 5.10 Å². The summed E-state index contributed by atoms with van der Waals surface area (Å²) in [4.78, 5) is 7.13. The smallest absolute Gasteiger partial charge is 0.181 e. The maximum absolute atomic E-state index is 10.8. The third kappa shape index (κ3) is 5.70. The van der Waals surface area contributed by atoms with E-state index in [4.69, 9.17) is 14.8 Å². The van der Waals surface area contributed by atoms with E-state index in [1.54, 1.807) is 0 Å². The number of aliphatic hydroxyl groups excluding tert-OH is 1. The number of aromatic nitrogens is 3. The molecule has 0 amide bonds. The SMILES string of the molecule is C/C=C\C(Cn1nc(-c2ccccc2)nc1C(CC)N1CC(C)COCC1O)=C(C)C. The monoisotopic (exact) mass is 424 g/mol. The van der Waals surface area contributed by atoms with Crippen molar-refractivity contribution in [1.82, 2.24) is 19.7 Å². The maximum Gasteiger partial charge on any atom is 0.181 e. The van der Waals surface area contributed by atoms with Crippen LogP contribution in [-0.2, 0) is 11.3 Å². The van der Waals surface area contributed by atoms with Gasteiger partial charge in [0, 0.05) is 12.1 Å². The molecule has 0 saturated carbocycles. The van der Waals surface area contributed by atoms with E-state index in [9.17, 15) is 5.11 Å². The molecular weight excluding hydrogens is 388 g/mol. The summed E-state index contributed by atoms with van der Waals surface area (Å²) in [6.07, 6.45) is 4.37. The van der Waals surface area contributed by atoms with E-state index >= 15 is 0 Å². The Hall–Kier alpha value is -2.28. The van der Waals surface area contributed by atoms with Crippen LogP contribution in [-0.4, -0.2) is 50.8 Å². The van der Waals surface area contributed by atoms with Gasteiger partial charge in [0.05, 0.1) is 25.8 Å². The Bertz CT molecular complexity index is 900. The zero-order valence-corrected chi connectivity index (χ0v) is 19.5. The molecule has 3 atom stereocenters. The quantitative estimate of drug-likeness (QED) is 0.659. The van der Waals surface area contributed by atoms with E-state index in [-0.39, 0.29) is 6.04 Å². The molecule has 3 unspecified atom stereocenters. The highest BCUT2D eigenvalue weighted by molar-refractivity contribution is 5.54. The Morgan fingerprint density at radius 3 is 2.65 bits per heavy atom. The van der Waals surface area contributed by atoms with Crippen molar-refractivity contribution in [2.75, 3.05) is 19.8 Å². The van der Waals surface area contributed by atoms with Gasteiger partial charge in [0.25, 0.3) is 0 Å². The number of hydrogen-bond donors (Lipinski definition) is 1. The molecule has 0 spiro atoms. The predicted molar refractivity (Wildman–Crippen MR) is 124 cm³/mol. The van der Waals surface area contributed by atoms with Gasteiger partial charge in [0.1, 0.15) is 12.1 Å². The Kier molecular flexibility index (Phi) is 8.18. The highest BCUT2D eigenvalue weighted by Crippen LogP contribution is 2.30. The van der Waals surface area contributed by atoms with Crippen molar-refractivity contribution in [3.63, 3.8) is 0 Å². The fourth-order valence-electron chi connectivity index (χ4n) is 4.07. The van der Waals surface area contributed by atoms with Crippen LogP contribution in [0.3, 0.4) is 0 Å². The van der Waals surface area contributed by atoms with Gasteiger partial charge in [-0.1, -0.05) is 61.9 Å². The first kappa shape index (κ1) is 23.4. The molecule has 2 aromatic rings. The van der Waals surface area contributed by atoms with E-state index in [1.807, 2.05) is 41.9 Å². The summed E-state index contributed by atoms with van der Waals surface area (Å²) in [6.45, 7) is 13.0. The molecule has 3 rings (SSSR count). The van der Waals surface area contributed by atoms with E-state index in [0.29, 0.717) is 25.7 Å². The largest absolute Gasteiger partial charge is 0.377 e. The Morgan fingerprint density at radius 1 is 1.26 bits per heavy atom. The van der Waals surface area contributed by atoms with Gasteiger partial charge in [-0.25, -0.2) is 9.67 Å². The second-order valence-electron chi connectivity index (χ2n) is 8.59. The standard InChI is InChI=1S/C25H36N4O2/c1-6-11-21(18(3)4)15-29-25(26-24(27-29)20-12-9-8-10-13-20)22(7-2)28-14-19(5)16-31-17-23(28)30/h6,8-13,19,22-23,30H,7,14-17H2,1-5H3/b11-6-. The first-order chi connectivity index (χ1) is 14.9. The van der Waals surface area contributed by atoms with Crippen LogP contribution in [0.2, 0.25) is 0 Å². The number of aliphatic hydroxyl groups is 1. The molecule has 0 radical (unpaired) electrons. The van der Waals surface area contributed by atoms with Crippen LogP contribution in [0.25, 0.3) is 11.4 Å². The number of benzene rings is 1. The second-order valence-corrected chi connectivity index (χ2v) is 8.59. The molecule has 1 N–H and O–H groups in total. The fourth-order valence-corrected chi connectivity index (χ4v) is 4.07. The molecule has 1 saturated heterocycles. The number of nitrogens with zero attached hydrogens (tertiary/aromatic N) is 4. The lowest BCUT2D eigenvalue weighted by Crippen LogP contribution is -2.42. The van der Waals surface area contributed by atoms with Crippen molar-refractivity contribution in [3.8, 4) is 11.4 Å². The summed E-state index contributed by atoms with van der Waals surface area (Å²) < 4.78 is 7.68. The van der Waals surface area contributed by atoms with Crippen LogP contribution in [0, 0.1) is 5.92 Å². The van der Waals surface area contributed by atoms with E-state index in [2.05, 4.69) is 44.7 Å². The average molecular weight is 425 g/mol. The molecule has 2 heterocycles. The molecule has 1 aliphatic rings. The Morgan fingerprint density at radius 2 is 2.00 bits per heavy atom. The third-order valence-corrected chi connectivity index (χ3v) is 5.72. The van der Waals surface area contributed by atoms with Gasteiger partial charge in [-0.15, -0.1) is 0 Å². The summed E-state index contributed by atoms with van der Waals surface area (Å²) in [5.74, 6) is 1.95. The summed E-state index contributed by atoms with van der Waals surface area (Å²) in [6, 6.07) is 10.0. The minimum absolute atomic E-state index is 0.0480. The van der Waals surface area contributed by atoms with Gasteiger partial charge in [0.15, 0.2) is 5.82 Å². The topological polar surface area (TPSA) is 63.4 Å². The molecule has 1 aromatic carbocycles. The van der Waals surface area contributed by atoms with Crippen LogP contribution in [0.5, 0.6) is 0 Å². The van der Waals surface area contributed by atoms with Crippen molar-refractivity contribution >= 4 is 0 Å². The first-order valence-electron chi connectivity index (χ1n) is 11.2. The number of allylic oxidation sites excluding steroid dienone is 4. The van der Waals surface area contributed by atoms with Gasteiger partial charge in [-0.05, 0) is 38.7 Å². The molecule has 0 aliphatic carbocycles. The van der Waals surface area contributed by atoms with E-state index < -0.39 is 6.23 Å². The fraction of sp³-hybridized carbons (Fsp3) is 0.520. The molecule has 31 heavy (non-hydrogen) atoms. The number of hydrogen-bond acceptors (Lipinski definition) is 5. The molecule has 1 aromatic heterocycles. The molecule has 168 valence electrons. The predicted octanol–water partition coefficient (Wildman–Crippen LogP) is 4.60. The van der Waals surface area contributed by atoms with E-state index in [1.165, 1.54) is 11.1 Å². The highest BCUT2D eigenvalue weighted by atomic mass is 16.5. The van der Waals surface area contributed by atoms with Crippen LogP contribution in [0.15, 0.2) is 53.6 Å². The van der Waals surface area contributed by atoms with Crippen LogP contribution in [0.1, 0.15) is 52.9 Å². The van der Waals surface area contributed by atoms with Crippen LogP contribution in [0.4, 0.5) is 0 Å². The summed E-state index contributed by atoms with van der Waals surface area (Å²) in [5, 5.41) is 15.7. The first-order valence-corrected chi connectivity index (χ1v) is 11.2.